The van der Waals surface area contributed by atoms with Gasteiger partial charge in [-0.15, -0.1) is 6.58 Å². The van der Waals surface area contributed by atoms with Crippen molar-refractivity contribution >= 4 is 21.8 Å². The van der Waals surface area contributed by atoms with Gasteiger partial charge in [0.1, 0.15) is 12.4 Å². The maximum Gasteiger partial charge on any atom is 0.251 e. The highest BCUT2D eigenvalue weighted by molar-refractivity contribution is 9.10. The fourth-order valence-electron chi connectivity index (χ4n) is 1.98. The van der Waals surface area contributed by atoms with E-state index in [-0.39, 0.29) is 12.0 Å². The number of nitrogens with one attached hydrogen (secondary N) is 1. The van der Waals surface area contributed by atoms with Gasteiger partial charge in [-0.2, -0.15) is 0 Å². The van der Waals surface area contributed by atoms with Gasteiger partial charge in [-0.05, 0) is 47.0 Å². The summed E-state index contributed by atoms with van der Waals surface area (Å²) >= 11 is 3.43. The first-order valence-corrected chi connectivity index (χ1v) is 7.43. The van der Waals surface area contributed by atoms with Crippen LogP contribution in [0.3, 0.4) is 0 Å². The second kappa shape index (κ2) is 7.45. The van der Waals surface area contributed by atoms with Crippen LogP contribution in [0.2, 0.25) is 0 Å². The van der Waals surface area contributed by atoms with E-state index in [9.17, 15) is 4.79 Å². The highest BCUT2D eigenvalue weighted by atomic mass is 79.9. The molecule has 108 valence electrons. The van der Waals surface area contributed by atoms with Crippen LogP contribution in [0.25, 0.3) is 0 Å². The first kappa shape index (κ1) is 15.1. The van der Waals surface area contributed by atoms with Crippen molar-refractivity contribution in [2.24, 2.45) is 0 Å². The average molecular weight is 340 g/mol. The Kier molecular flexibility index (Phi) is 5.61. The zero-order chi connectivity index (χ0) is 14.4. The fourth-order valence-corrected chi connectivity index (χ4v) is 2.48. The maximum atomic E-state index is 11.8. The second-order valence-electron chi connectivity index (χ2n) is 4.59. The Labute approximate surface area is 127 Å². The van der Waals surface area contributed by atoms with E-state index in [1.165, 1.54) is 0 Å². The number of amides is 1. The number of rotatable bonds is 6. The van der Waals surface area contributed by atoms with Gasteiger partial charge in [0, 0.05) is 18.7 Å². The van der Waals surface area contributed by atoms with E-state index in [2.05, 4.69) is 27.8 Å². The van der Waals surface area contributed by atoms with Crippen molar-refractivity contribution in [2.45, 2.75) is 18.9 Å². The van der Waals surface area contributed by atoms with Crippen LogP contribution in [-0.2, 0) is 4.74 Å². The molecule has 20 heavy (non-hydrogen) atoms. The molecule has 1 aromatic carbocycles. The predicted molar refractivity (Wildman–Crippen MR) is 81.1 cm³/mol. The van der Waals surface area contributed by atoms with Gasteiger partial charge in [0.2, 0.25) is 0 Å². The molecule has 2 rings (SSSR count). The van der Waals surface area contributed by atoms with Crippen molar-refractivity contribution in [1.82, 2.24) is 5.32 Å². The van der Waals surface area contributed by atoms with Gasteiger partial charge in [0.05, 0.1) is 10.6 Å². The summed E-state index contributed by atoms with van der Waals surface area (Å²) in [5, 5.41) is 2.73. The molecule has 0 saturated carbocycles. The van der Waals surface area contributed by atoms with Crippen LogP contribution >= 0.6 is 15.9 Å². The lowest BCUT2D eigenvalue weighted by atomic mass is 10.2. The van der Waals surface area contributed by atoms with Crippen molar-refractivity contribution < 1.29 is 14.3 Å². The molecular formula is C15H18BrNO3. The normalized spacial score (nSPS) is 17.8. The molecule has 1 atom stereocenters. The third kappa shape index (κ3) is 4.08. The Balaban J connectivity index is 1.94. The summed E-state index contributed by atoms with van der Waals surface area (Å²) in [6.45, 7) is 5.38. The SMILES string of the molecule is C=CCNC(=O)c1ccc(OCC2CCCO2)c(Br)c1. The lowest BCUT2D eigenvalue weighted by Gasteiger charge is -2.13. The fraction of sp³-hybridized carbons (Fsp3) is 0.400. The Morgan fingerprint density at radius 3 is 3.10 bits per heavy atom. The molecule has 4 nitrogen and oxygen atoms in total. The van der Waals surface area contributed by atoms with E-state index >= 15 is 0 Å². The molecule has 1 amide bonds. The molecule has 1 heterocycles. The van der Waals surface area contributed by atoms with Crippen molar-refractivity contribution in [3.63, 3.8) is 0 Å². The van der Waals surface area contributed by atoms with Crippen LogP contribution < -0.4 is 10.1 Å². The molecular weight excluding hydrogens is 322 g/mol. The third-order valence-corrected chi connectivity index (χ3v) is 3.67. The van der Waals surface area contributed by atoms with E-state index in [0.717, 1.165) is 29.7 Å². The Morgan fingerprint density at radius 1 is 1.60 bits per heavy atom. The number of halogens is 1. The van der Waals surface area contributed by atoms with E-state index < -0.39 is 0 Å². The number of carbonyl (C=O) groups is 1. The molecule has 1 N–H and O–H groups in total. The third-order valence-electron chi connectivity index (χ3n) is 3.05. The molecule has 0 aliphatic carbocycles. The topological polar surface area (TPSA) is 47.6 Å². The molecule has 1 aliphatic rings. The summed E-state index contributed by atoms with van der Waals surface area (Å²) in [7, 11) is 0. The van der Waals surface area contributed by atoms with Crippen molar-refractivity contribution in [3.05, 3.63) is 40.9 Å². The molecule has 0 radical (unpaired) electrons. The maximum absolute atomic E-state index is 11.8. The summed E-state index contributed by atoms with van der Waals surface area (Å²) in [4.78, 5) is 11.8. The minimum Gasteiger partial charge on any atom is -0.490 e. The lowest BCUT2D eigenvalue weighted by molar-refractivity contribution is 0.0677. The number of hydrogen-bond acceptors (Lipinski definition) is 3. The van der Waals surface area contributed by atoms with E-state index in [1.807, 2.05) is 0 Å². The summed E-state index contributed by atoms with van der Waals surface area (Å²) < 4.78 is 12.0. The molecule has 0 spiro atoms. The van der Waals surface area contributed by atoms with Gasteiger partial charge in [-0.25, -0.2) is 0 Å². The van der Waals surface area contributed by atoms with Crippen LogP contribution in [0.1, 0.15) is 23.2 Å². The monoisotopic (exact) mass is 339 g/mol. The highest BCUT2D eigenvalue weighted by Crippen LogP contribution is 2.27. The zero-order valence-electron chi connectivity index (χ0n) is 11.2. The number of benzene rings is 1. The Morgan fingerprint density at radius 2 is 2.45 bits per heavy atom. The van der Waals surface area contributed by atoms with Crippen molar-refractivity contribution in [1.29, 1.82) is 0 Å². The van der Waals surface area contributed by atoms with Crippen LogP contribution in [0.4, 0.5) is 0 Å². The highest BCUT2D eigenvalue weighted by Gasteiger charge is 2.17. The molecule has 1 saturated heterocycles. The van der Waals surface area contributed by atoms with E-state index in [0.29, 0.717) is 18.7 Å². The first-order valence-electron chi connectivity index (χ1n) is 6.63. The van der Waals surface area contributed by atoms with Crippen molar-refractivity contribution in [3.8, 4) is 5.75 Å². The molecule has 1 fully saturated rings. The quantitative estimate of drug-likeness (QED) is 0.810. The van der Waals surface area contributed by atoms with Crippen molar-refractivity contribution in [2.75, 3.05) is 19.8 Å². The summed E-state index contributed by atoms with van der Waals surface area (Å²) in [5.74, 6) is 0.594. The molecule has 1 aliphatic heterocycles. The van der Waals surface area contributed by atoms with Gasteiger partial charge in [-0.3, -0.25) is 4.79 Å². The smallest absolute Gasteiger partial charge is 0.251 e. The minimum atomic E-state index is -0.128. The Bertz CT molecular complexity index is 484. The van der Waals surface area contributed by atoms with Gasteiger partial charge >= 0.3 is 0 Å². The van der Waals surface area contributed by atoms with Gasteiger partial charge in [-0.1, -0.05) is 6.08 Å². The molecule has 5 heteroatoms. The van der Waals surface area contributed by atoms with Crippen LogP contribution in [0.15, 0.2) is 35.3 Å². The largest absolute Gasteiger partial charge is 0.490 e. The average Bonchev–Trinajstić information content (AvgIpc) is 2.96. The van der Waals surface area contributed by atoms with Gasteiger partial charge < -0.3 is 14.8 Å². The summed E-state index contributed by atoms with van der Waals surface area (Å²) in [5.41, 5.74) is 0.586. The molecule has 1 aromatic rings. The summed E-state index contributed by atoms with van der Waals surface area (Å²) in [6.07, 6.45) is 3.96. The zero-order valence-corrected chi connectivity index (χ0v) is 12.8. The van der Waals surface area contributed by atoms with Gasteiger partial charge in [0.25, 0.3) is 5.91 Å². The van der Waals surface area contributed by atoms with E-state index in [1.54, 1.807) is 24.3 Å². The van der Waals surface area contributed by atoms with Crippen LogP contribution in [-0.4, -0.2) is 31.8 Å². The summed E-state index contributed by atoms with van der Waals surface area (Å²) in [6, 6.07) is 5.29. The number of hydrogen-bond donors (Lipinski definition) is 1. The van der Waals surface area contributed by atoms with Crippen LogP contribution in [0, 0.1) is 0 Å². The molecule has 0 bridgehead atoms. The van der Waals surface area contributed by atoms with Gasteiger partial charge in [0.15, 0.2) is 0 Å². The standard InChI is InChI=1S/C15H18BrNO3/c1-2-7-17-15(18)11-5-6-14(13(16)9-11)20-10-12-4-3-8-19-12/h2,5-6,9,12H,1,3-4,7-8,10H2,(H,17,18). The van der Waals surface area contributed by atoms with Crippen LogP contribution in [0.5, 0.6) is 5.75 Å². The van der Waals surface area contributed by atoms with E-state index in [4.69, 9.17) is 9.47 Å². The minimum absolute atomic E-state index is 0.128. The predicted octanol–water partition coefficient (Wildman–Crippen LogP) is 2.92. The second-order valence-corrected chi connectivity index (χ2v) is 5.44. The molecule has 0 aromatic heterocycles. The lowest BCUT2D eigenvalue weighted by Crippen LogP contribution is -2.23. The Hall–Kier alpha value is -1.33. The number of carbonyl (C=O) groups excluding carboxylic acids is 1. The first-order chi connectivity index (χ1) is 9.70. The molecule has 1 unspecified atom stereocenters. The number of ether oxygens (including phenoxy) is 2.